The molecule has 1 saturated heterocycles. The molecule has 3 heteroatoms. The van der Waals surface area contributed by atoms with E-state index in [2.05, 4.69) is 34.7 Å². The standard InChI is InChI=1S/C15H22BrNO/c1-11-9-12(2)17(10-11)8-7-15(18)13-3-5-14(16)6-4-13/h3-6,11-12,15,18H,7-10H2,1-2H3. The maximum absolute atomic E-state index is 10.2. The van der Waals surface area contributed by atoms with Crippen molar-refractivity contribution in [3.05, 3.63) is 34.3 Å². The first kappa shape index (κ1) is 14.0. The van der Waals surface area contributed by atoms with E-state index in [4.69, 9.17) is 0 Å². The molecule has 0 bridgehead atoms. The van der Waals surface area contributed by atoms with Gasteiger partial charge in [-0.1, -0.05) is 35.0 Å². The van der Waals surface area contributed by atoms with Crippen LogP contribution in [0.1, 0.15) is 38.4 Å². The van der Waals surface area contributed by atoms with Gasteiger partial charge in [-0.3, -0.25) is 0 Å². The van der Waals surface area contributed by atoms with Crippen molar-refractivity contribution in [3.63, 3.8) is 0 Å². The average Bonchev–Trinajstić information content (AvgIpc) is 2.66. The van der Waals surface area contributed by atoms with Crippen LogP contribution in [-0.2, 0) is 0 Å². The fourth-order valence-electron chi connectivity index (χ4n) is 2.84. The lowest BCUT2D eigenvalue weighted by Crippen LogP contribution is -2.29. The molecule has 1 heterocycles. The van der Waals surface area contributed by atoms with Crippen LogP contribution in [0.2, 0.25) is 0 Å². The highest BCUT2D eigenvalue weighted by Crippen LogP contribution is 2.25. The molecule has 1 N–H and O–H groups in total. The van der Waals surface area contributed by atoms with Gasteiger partial charge in [-0.05, 0) is 43.4 Å². The average molecular weight is 312 g/mol. The lowest BCUT2D eigenvalue weighted by Gasteiger charge is -2.22. The van der Waals surface area contributed by atoms with Crippen molar-refractivity contribution in [2.75, 3.05) is 13.1 Å². The molecular formula is C15H22BrNO. The van der Waals surface area contributed by atoms with Gasteiger partial charge in [0.1, 0.15) is 0 Å². The van der Waals surface area contributed by atoms with Gasteiger partial charge in [-0.2, -0.15) is 0 Å². The molecule has 0 spiro atoms. The maximum Gasteiger partial charge on any atom is 0.0802 e. The first-order valence-electron chi connectivity index (χ1n) is 6.74. The Morgan fingerprint density at radius 3 is 2.56 bits per heavy atom. The molecule has 1 aromatic rings. The predicted octanol–water partition coefficient (Wildman–Crippen LogP) is 3.60. The van der Waals surface area contributed by atoms with Gasteiger partial charge >= 0.3 is 0 Å². The normalized spacial score (nSPS) is 26.4. The molecule has 1 aliphatic rings. The molecule has 0 amide bonds. The zero-order valence-electron chi connectivity index (χ0n) is 11.1. The molecule has 100 valence electrons. The van der Waals surface area contributed by atoms with Crippen LogP contribution >= 0.6 is 15.9 Å². The van der Waals surface area contributed by atoms with E-state index in [1.165, 1.54) is 13.0 Å². The second kappa shape index (κ2) is 6.18. The Hall–Kier alpha value is -0.380. The summed E-state index contributed by atoms with van der Waals surface area (Å²) in [5, 5.41) is 10.2. The Bertz CT molecular complexity index is 379. The molecule has 1 aromatic carbocycles. The molecule has 0 radical (unpaired) electrons. The minimum Gasteiger partial charge on any atom is -0.388 e. The minimum atomic E-state index is -0.346. The van der Waals surface area contributed by atoms with Crippen LogP contribution in [0, 0.1) is 5.92 Å². The van der Waals surface area contributed by atoms with E-state index in [1.807, 2.05) is 24.3 Å². The highest BCUT2D eigenvalue weighted by atomic mass is 79.9. The molecule has 1 aliphatic heterocycles. The van der Waals surface area contributed by atoms with Crippen molar-refractivity contribution >= 4 is 15.9 Å². The fourth-order valence-corrected chi connectivity index (χ4v) is 3.10. The van der Waals surface area contributed by atoms with Crippen molar-refractivity contribution in [1.29, 1.82) is 0 Å². The van der Waals surface area contributed by atoms with Gasteiger partial charge in [0.2, 0.25) is 0 Å². The minimum absolute atomic E-state index is 0.346. The molecule has 1 fully saturated rings. The summed E-state index contributed by atoms with van der Waals surface area (Å²) >= 11 is 3.41. The number of aliphatic hydroxyl groups excluding tert-OH is 1. The molecule has 3 unspecified atom stereocenters. The van der Waals surface area contributed by atoms with Crippen molar-refractivity contribution in [1.82, 2.24) is 4.90 Å². The topological polar surface area (TPSA) is 23.5 Å². The van der Waals surface area contributed by atoms with Crippen LogP contribution in [0.3, 0.4) is 0 Å². The summed E-state index contributed by atoms with van der Waals surface area (Å²) in [5.41, 5.74) is 1.01. The number of likely N-dealkylation sites (tertiary alicyclic amines) is 1. The van der Waals surface area contributed by atoms with Crippen molar-refractivity contribution < 1.29 is 5.11 Å². The van der Waals surface area contributed by atoms with Crippen LogP contribution in [0.4, 0.5) is 0 Å². The molecule has 0 aliphatic carbocycles. The molecule has 3 atom stereocenters. The zero-order chi connectivity index (χ0) is 13.1. The number of nitrogens with zero attached hydrogens (tertiary/aromatic N) is 1. The van der Waals surface area contributed by atoms with Crippen molar-refractivity contribution in [2.24, 2.45) is 5.92 Å². The summed E-state index contributed by atoms with van der Waals surface area (Å²) in [5.74, 6) is 0.796. The zero-order valence-corrected chi connectivity index (χ0v) is 12.7. The van der Waals surface area contributed by atoms with E-state index in [9.17, 15) is 5.11 Å². The van der Waals surface area contributed by atoms with Crippen LogP contribution in [0.25, 0.3) is 0 Å². The SMILES string of the molecule is CC1CC(C)N(CCC(O)c2ccc(Br)cc2)C1. The van der Waals surface area contributed by atoms with Crippen LogP contribution in [0.15, 0.2) is 28.7 Å². The second-order valence-electron chi connectivity index (χ2n) is 5.54. The van der Waals surface area contributed by atoms with E-state index < -0.39 is 0 Å². The number of aliphatic hydroxyl groups is 1. The van der Waals surface area contributed by atoms with Gasteiger partial charge in [0.05, 0.1) is 6.10 Å². The van der Waals surface area contributed by atoms with Gasteiger partial charge in [-0.25, -0.2) is 0 Å². The number of rotatable bonds is 4. The summed E-state index contributed by atoms with van der Waals surface area (Å²) < 4.78 is 1.06. The summed E-state index contributed by atoms with van der Waals surface area (Å²) in [6, 6.07) is 8.62. The number of hydrogen-bond acceptors (Lipinski definition) is 2. The Morgan fingerprint density at radius 1 is 1.33 bits per heavy atom. The number of halogens is 1. The van der Waals surface area contributed by atoms with E-state index in [-0.39, 0.29) is 6.10 Å². The van der Waals surface area contributed by atoms with Gasteiger partial charge in [-0.15, -0.1) is 0 Å². The third kappa shape index (κ3) is 3.56. The summed E-state index contributed by atoms with van der Waals surface area (Å²) in [6.45, 7) is 6.76. The van der Waals surface area contributed by atoms with Gasteiger partial charge < -0.3 is 10.0 Å². The Balaban J connectivity index is 1.84. The third-order valence-corrected chi connectivity index (χ3v) is 4.39. The monoisotopic (exact) mass is 311 g/mol. The summed E-state index contributed by atoms with van der Waals surface area (Å²) in [7, 11) is 0. The van der Waals surface area contributed by atoms with Crippen molar-refractivity contribution in [2.45, 2.75) is 38.8 Å². The van der Waals surface area contributed by atoms with Gasteiger partial charge in [0.15, 0.2) is 0 Å². The molecule has 0 saturated carbocycles. The largest absolute Gasteiger partial charge is 0.388 e. The lowest BCUT2D eigenvalue weighted by molar-refractivity contribution is 0.139. The summed E-state index contributed by atoms with van der Waals surface area (Å²) in [4.78, 5) is 2.49. The number of hydrogen-bond donors (Lipinski definition) is 1. The first-order valence-corrected chi connectivity index (χ1v) is 7.53. The Morgan fingerprint density at radius 2 is 2.00 bits per heavy atom. The van der Waals surface area contributed by atoms with Crippen LogP contribution in [-0.4, -0.2) is 29.1 Å². The van der Waals surface area contributed by atoms with Gasteiger partial charge in [0, 0.05) is 23.6 Å². The predicted molar refractivity (Wildman–Crippen MR) is 78.5 cm³/mol. The van der Waals surface area contributed by atoms with Crippen LogP contribution in [0.5, 0.6) is 0 Å². The smallest absolute Gasteiger partial charge is 0.0802 e. The van der Waals surface area contributed by atoms with Crippen molar-refractivity contribution in [3.8, 4) is 0 Å². The maximum atomic E-state index is 10.2. The Labute approximate surface area is 118 Å². The quantitative estimate of drug-likeness (QED) is 0.918. The van der Waals surface area contributed by atoms with E-state index in [1.54, 1.807) is 0 Å². The highest BCUT2D eigenvalue weighted by Gasteiger charge is 2.26. The van der Waals surface area contributed by atoms with Gasteiger partial charge in [0.25, 0.3) is 0 Å². The van der Waals surface area contributed by atoms with E-state index in [0.29, 0.717) is 6.04 Å². The third-order valence-electron chi connectivity index (χ3n) is 3.86. The molecule has 0 aromatic heterocycles. The first-order chi connectivity index (χ1) is 8.56. The highest BCUT2D eigenvalue weighted by molar-refractivity contribution is 9.10. The molecule has 18 heavy (non-hydrogen) atoms. The fraction of sp³-hybridized carbons (Fsp3) is 0.600. The second-order valence-corrected chi connectivity index (χ2v) is 6.46. The molecular weight excluding hydrogens is 290 g/mol. The molecule has 2 nitrogen and oxygen atoms in total. The summed E-state index contributed by atoms with van der Waals surface area (Å²) in [6.07, 6.45) is 1.76. The molecule has 2 rings (SSSR count). The van der Waals surface area contributed by atoms with E-state index in [0.717, 1.165) is 28.9 Å². The Kier molecular flexibility index (Phi) is 4.82. The van der Waals surface area contributed by atoms with E-state index >= 15 is 0 Å². The number of benzene rings is 1. The lowest BCUT2D eigenvalue weighted by atomic mass is 10.1. The van der Waals surface area contributed by atoms with Crippen LogP contribution < -0.4 is 0 Å².